The Morgan fingerprint density at radius 2 is 1.76 bits per heavy atom. The van der Waals surface area contributed by atoms with Crippen LogP contribution in [0.1, 0.15) is 27.1 Å². The highest BCUT2D eigenvalue weighted by Crippen LogP contribution is 2.26. The lowest BCUT2D eigenvalue weighted by Gasteiger charge is -2.19. The van der Waals surface area contributed by atoms with Gasteiger partial charge in [0.05, 0.1) is 24.3 Å². The van der Waals surface area contributed by atoms with Crippen LogP contribution in [0, 0.1) is 0 Å². The lowest BCUT2D eigenvalue weighted by molar-refractivity contribution is -0.122. The molecule has 0 aromatic heterocycles. The van der Waals surface area contributed by atoms with E-state index < -0.39 is 23.8 Å². The molecule has 4 amide bonds. The van der Waals surface area contributed by atoms with Crippen molar-refractivity contribution in [3.63, 3.8) is 0 Å². The number of amides is 4. The van der Waals surface area contributed by atoms with Crippen LogP contribution in [0.15, 0.2) is 48.5 Å². The lowest BCUT2D eigenvalue weighted by atomic mass is 10.1. The van der Waals surface area contributed by atoms with E-state index in [2.05, 4.69) is 5.32 Å². The molecule has 1 N–H and O–H groups in total. The Labute approximate surface area is 167 Å². The molecule has 29 heavy (non-hydrogen) atoms. The molecule has 0 bridgehead atoms. The third-order valence-corrected chi connectivity index (χ3v) is 5.04. The van der Waals surface area contributed by atoms with E-state index in [-0.39, 0.29) is 18.9 Å². The fraction of sp³-hybridized carbons (Fsp3) is 0.238. The molecule has 0 spiro atoms. The number of nitrogens with one attached hydrogen (secondary N) is 1. The number of rotatable bonds is 5. The summed E-state index contributed by atoms with van der Waals surface area (Å²) < 4.78 is 5.19. The van der Waals surface area contributed by atoms with Crippen LogP contribution in [-0.2, 0) is 9.59 Å². The molecule has 2 heterocycles. The SMILES string of the molecule is COc1cccc(N2C[C@H](NC(=O)CN3C(=O)c4ccccc4C3=O)CC2=O)c1. The number of benzene rings is 2. The molecule has 1 atom stereocenters. The molecule has 4 rings (SSSR count). The smallest absolute Gasteiger partial charge is 0.262 e. The average molecular weight is 393 g/mol. The standard InChI is InChI=1S/C21H19N3O5/c1-29-15-6-4-5-14(10-15)23-11-13(9-19(23)26)22-18(25)12-24-20(27)16-7-2-3-8-17(16)21(24)28/h2-8,10,13H,9,11-12H2,1H3,(H,22,25)/t13-/m1/s1. The van der Waals surface area contributed by atoms with Crippen LogP contribution in [-0.4, -0.2) is 54.8 Å². The van der Waals surface area contributed by atoms with Gasteiger partial charge in [-0.3, -0.25) is 24.1 Å². The first-order valence-corrected chi connectivity index (χ1v) is 9.17. The summed E-state index contributed by atoms with van der Waals surface area (Å²) in [5.74, 6) is -0.940. The molecule has 0 aliphatic carbocycles. The molecule has 2 aromatic rings. The predicted molar refractivity (Wildman–Crippen MR) is 104 cm³/mol. The van der Waals surface area contributed by atoms with Crippen LogP contribution >= 0.6 is 0 Å². The van der Waals surface area contributed by atoms with E-state index in [0.29, 0.717) is 29.1 Å². The summed E-state index contributed by atoms with van der Waals surface area (Å²) in [7, 11) is 1.55. The summed E-state index contributed by atoms with van der Waals surface area (Å²) in [4.78, 5) is 52.1. The quantitative estimate of drug-likeness (QED) is 0.771. The van der Waals surface area contributed by atoms with Crippen LogP contribution in [0.5, 0.6) is 5.75 Å². The minimum Gasteiger partial charge on any atom is -0.497 e. The van der Waals surface area contributed by atoms with Crippen molar-refractivity contribution in [1.29, 1.82) is 0 Å². The Morgan fingerprint density at radius 1 is 1.07 bits per heavy atom. The third-order valence-electron chi connectivity index (χ3n) is 5.04. The van der Waals surface area contributed by atoms with Crippen LogP contribution in [0.2, 0.25) is 0 Å². The monoisotopic (exact) mass is 393 g/mol. The van der Waals surface area contributed by atoms with Crippen LogP contribution in [0.4, 0.5) is 5.69 Å². The van der Waals surface area contributed by atoms with Crippen molar-refractivity contribution < 1.29 is 23.9 Å². The number of methoxy groups -OCH3 is 1. The predicted octanol–water partition coefficient (Wildman–Crippen LogP) is 1.21. The van der Waals surface area contributed by atoms with Crippen molar-refractivity contribution >= 4 is 29.3 Å². The molecule has 2 aromatic carbocycles. The molecule has 0 unspecified atom stereocenters. The molecule has 2 aliphatic heterocycles. The maximum absolute atomic E-state index is 12.4. The number of hydrogen-bond acceptors (Lipinski definition) is 5. The molecule has 148 valence electrons. The Morgan fingerprint density at radius 3 is 2.41 bits per heavy atom. The Hall–Kier alpha value is -3.68. The fourth-order valence-electron chi connectivity index (χ4n) is 3.63. The highest BCUT2D eigenvalue weighted by molar-refractivity contribution is 6.22. The average Bonchev–Trinajstić information content (AvgIpc) is 3.21. The topological polar surface area (TPSA) is 96.0 Å². The van der Waals surface area contributed by atoms with E-state index in [1.807, 2.05) is 0 Å². The van der Waals surface area contributed by atoms with E-state index in [1.165, 1.54) is 0 Å². The number of imide groups is 1. The molecule has 8 heteroatoms. The second-order valence-corrected chi connectivity index (χ2v) is 6.92. The van der Waals surface area contributed by atoms with Crippen molar-refractivity contribution in [1.82, 2.24) is 10.2 Å². The summed E-state index contributed by atoms with van der Waals surface area (Å²) in [5, 5.41) is 2.75. The lowest BCUT2D eigenvalue weighted by Crippen LogP contribution is -2.44. The first-order chi connectivity index (χ1) is 14.0. The zero-order valence-electron chi connectivity index (χ0n) is 15.8. The van der Waals surface area contributed by atoms with Gasteiger partial charge in [-0.2, -0.15) is 0 Å². The Balaban J connectivity index is 1.39. The maximum atomic E-state index is 12.4. The molecule has 8 nitrogen and oxygen atoms in total. The van der Waals surface area contributed by atoms with Crippen LogP contribution in [0.3, 0.4) is 0 Å². The highest BCUT2D eigenvalue weighted by Gasteiger charge is 2.37. The summed E-state index contributed by atoms with van der Waals surface area (Å²) in [6.45, 7) is -0.0734. The number of ether oxygens (including phenoxy) is 1. The van der Waals surface area contributed by atoms with Crippen molar-refractivity contribution in [3.8, 4) is 5.75 Å². The zero-order chi connectivity index (χ0) is 20.5. The second kappa shape index (κ2) is 7.38. The van der Waals surface area contributed by atoms with Gasteiger partial charge in [0.25, 0.3) is 11.8 Å². The molecule has 1 saturated heterocycles. The normalized spacial score (nSPS) is 18.2. The molecule has 1 fully saturated rings. The van der Waals surface area contributed by atoms with Crippen molar-refractivity contribution in [2.45, 2.75) is 12.5 Å². The van der Waals surface area contributed by atoms with Gasteiger partial charge in [0, 0.05) is 24.7 Å². The molecule has 2 aliphatic rings. The molecular weight excluding hydrogens is 374 g/mol. The minimum atomic E-state index is -0.485. The maximum Gasteiger partial charge on any atom is 0.262 e. The number of fused-ring (bicyclic) bond motifs is 1. The van der Waals surface area contributed by atoms with Gasteiger partial charge in [0.2, 0.25) is 11.8 Å². The molecule has 0 radical (unpaired) electrons. The van der Waals surface area contributed by atoms with Gasteiger partial charge in [0.1, 0.15) is 12.3 Å². The number of nitrogens with zero attached hydrogens (tertiary/aromatic N) is 2. The summed E-state index contributed by atoms with van der Waals surface area (Å²) in [5.41, 5.74) is 1.28. The van der Waals surface area contributed by atoms with Gasteiger partial charge in [0.15, 0.2) is 0 Å². The van der Waals surface area contributed by atoms with Gasteiger partial charge in [-0.25, -0.2) is 0 Å². The Kier molecular flexibility index (Phi) is 4.75. The number of carbonyl (C=O) groups excluding carboxylic acids is 4. The first-order valence-electron chi connectivity index (χ1n) is 9.17. The van der Waals surface area contributed by atoms with Crippen LogP contribution < -0.4 is 15.0 Å². The molecule has 0 saturated carbocycles. The fourth-order valence-corrected chi connectivity index (χ4v) is 3.63. The third kappa shape index (κ3) is 3.44. The van der Waals surface area contributed by atoms with Gasteiger partial charge in [-0.1, -0.05) is 18.2 Å². The van der Waals surface area contributed by atoms with Crippen molar-refractivity contribution in [2.24, 2.45) is 0 Å². The van der Waals surface area contributed by atoms with Gasteiger partial charge in [-0.15, -0.1) is 0 Å². The summed E-state index contributed by atoms with van der Waals surface area (Å²) >= 11 is 0. The number of hydrogen-bond donors (Lipinski definition) is 1. The largest absolute Gasteiger partial charge is 0.497 e. The van der Waals surface area contributed by atoms with Crippen LogP contribution in [0.25, 0.3) is 0 Å². The van der Waals surface area contributed by atoms with Gasteiger partial charge < -0.3 is 15.0 Å². The molecular formula is C21H19N3O5. The summed E-state index contributed by atoms with van der Waals surface area (Å²) in [6, 6.07) is 13.2. The van der Waals surface area contributed by atoms with Gasteiger partial charge >= 0.3 is 0 Å². The minimum absolute atomic E-state index is 0.121. The van der Waals surface area contributed by atoms with E-state index in [0.717, 1.165) is 4.90 Å². The highest BCUT2D eigenvalue weighted by atomic mass is 16.5. The Bertz CT molecular complexity index is 984. The van der Waals surface area contributed by atoms with Crippen molar-refractivity contribution in [2.75, 3.05) is 25.1 Å². The number of anilines is 1. The summed E-state index contributed by atoms with van der Waals surface area (Å²) in [6.07, 6.45) is 0.144. The van der Waals surface area contributed by atoms with Crippen molar-refractivity contribution in [3.05, 3.63) is 59.7 Å². The van der Waals surface area contributed by atoms with E-state index in [4.69, 9.17) is 4.74 Å². The second-order valence-electron chi connectivity index (χ2n) is 6.92. The van der Waals surface area contributed by atoms with E-state index in [9.17, 15) is 19.2 Å². The zero-order valence-corrected chi connectivity index (χ0v) is 15.8. The van der Waals surface area contributed by atoms with Gasteiger partial charge in [-0.05, 0) is 24.3 Å². The first kappa shape index (κ1) is 18.7. The van der Waals surface area contributed by atoms with E-state index >= 15 is 0 Å². The number of carbonyl (C=O) groups is 4. The van der Waals surface area contributed by atoms with E-state index in [1.54, 1.807) is 60.5 Å².